The summed E-state index contributed by atoms with van der Waals surface area (Å²) in [5.41, 5.74) is 2.56. The summed E-state index contributed by atoms with van der Waals surface area (Å²) in [5.74, 6) is 1.54. The van der Waals surface area contributed by atoms with Gasteiger partial charge in [0.1, 0.15) is 0 Å². The van der Waals surface area contributed by atoms with Gasteiger partial charge in [0, 0.05) is 17.0 Å². The SMILES string of the molecule is O=C(Nc1ccccc1-c1nc(-c2ccccc2)n[nH]1)C1CC1. The summed E-state index contributed by atoms with van der Waals surface area (Å²) in [6, 6.07) is 17.4. The zero-order valence-electron chi connectivity index (χ0n) is 12.5. The number of H-pyrrole nitrogens is 1. The first-order chi connectivity index (χ1) is 11.3. The van der Waals surface area contributed by atoms with Crippen molar-refractivity contribution in [2.24, 2.45) is 5.92 Å². The summed E-state index contributed by atoms with van der Waals surface area (Å²) in [4.78, 5) is 16.6. The Hall–Kier alpha value is -2.95. The number of aromatic nitrogens is 3. The van der Waals surface area contributed by atoms with Crippen LogP contribution in [-0.4, -0.2) is 21.1 Å². The van der Waals surface area contributed by atoms with E-state index >= 15 is 0 Å². The van der Waals surface area contributed by atoms with Crippen LogP contribution in [0.4, 0.5) is 5.69 Å². The first-order valence-corrected chi connectivity index (χ1v) is 7.69. The molecule has 0 bridgehead atoms. The normalized spacial score (nSPS) is 13.7. The number of benzene rings is 2. The van der Waals surface area contributed by atoms with Gasteiger partial charge >= 0.3 is 0 Å². The van der Waals surface area contributed by atoms with Crippen LogP contribution in [-0.2, 0) is 4.79 Å². The topological polar surface area (TPSA) is 70.7 Å². The Bertz CT molecular complexity index is 837. The van der Waals surface area contributed by atoms with E-state index in [0.29, 0.717) is 11.6 Å². The minimum Gasteiger partial charge on any atom is -0.325 e. The van der Waals surface area contributed by atoms with Gasteiger partial charge in [-0.2, -0.15) is 5.10 Å². The lowest BCUT2D eigenvalue weighted by atomic mass is 10.1. The lowest BCUT2D eigenvalue weighted by Crippen LogP contribution is -2.14. The second-order valence-corrected chi connectivity index (χ2v) is 5.68. The number of rotatable bonds is 4. The predicted octanol–water partition coefficient (Wildman–Crippen LogP) is 3.49. The second-order valence-electron chi connectivity index (χ2n) is 5.68. The second kappa shape index (κ2) is 5.68. The molecule has 0 radical (unpaired) electrons. The number of nitrogens with zero attached hydrogens (tertiary/aromatic N) is 2. The molecule has 23 heavy (non-hydrogen) atoms. The average Bonchev–Trinajstić information content (AvgIpc) is 3.34. The average molecular weight is 304 g/mol. The summed E-state index contributed by atoms with van der Waals surface area (Å²) < 4.78 is 0. The number of amides is 1. The monoisotopic (exact) mass is 304 g/mol. The van der Waals surface area contributed by atoms with Crippen molar-refractivity contribution < 1.29 is 4.79 Å². The first-order valence-electron chi connectivity index (χ1n) is 7.69. The van der Waals surface area contributed by atoms with Crippen molar-refractivity contribution in [3.05, 3.63) is 54.6 Å². The predicted molar refractivity (Wildman–Crippen MR) is 88.6 cm³/mol. The molecule has 0 unspecified atom stereocenters. The van der Waals surface area contributed by atoms with E-state index in [-0.39, 0.29) is 11.8 Å². The smallest absolute Gasteiger partial charge is 0.227 e. The molecule has 114 valence electrons. The molecule has 1 saturated carbocycles. The fourth-order valence-corrected chi connectivity index (χ4v) is 2.48. The van der Waals surface area contributed by atoms with Crippen molar-refractivity contribution in [3.63, 3.8) is 0 Å². The number of para-hydroxylation sites is 1. The number of nitrogens with one attached hydrogen (secondary N) is 2. The third kappa shape index (κ3) is 2.85. The summed E-state index contributed by atoms with van der Waals surface area (Å²) in [7, 11) is 0. The quantitative estimate of drug-likeness (QED) is 0.775. The molecule has 1 aromatic heterocycles. The van der Waals surface area contributed by atoms with Gasteiger partial charge in [0.15, 0.2) is 11.6 Å². The van der Waals surface area contributed by atoms with Crippen molar-refractivity contribution in [1.82, 2.24) is 15.2 Å². The fourth-order valence-electron chi connectivity index (χ4n) is 2.48. The maximum Gasteiger partial charge on any atom is 0.227 e. The molecule has 1 heterocycles. The van der Waals surface area contributed by atoms with Gasteiger partial charge in [0.2, 0.25) is 5.91 Å². The van der Waals surface area contributed by atoms with E-state index in [1.54, 1.807) is 0 Å². The highest BCUT2D eigenvalue weighted by Crippen LogP contribution is 2.32. The van der Waals surface area contributed by atoms with Gasteiger partial charge in [-0.1, -0.05) is 42.5 Å². The molecule has 0 spiro atoms. The van der Waals surface area contributed by atoms with Gasteiger partial charge in [-0.3, -0.25) is 9.89 Å². The Labute approximate surface area is 133 Å². The molecule has 0 aliphatic heterocycles. The van der Waals surface area contributed by atoms with Crippen LogP contribution in [0.25, 0.3) is 22.8 Å². The van der Waals surface area contributed by atoms with E-state index in [9.17, 15) is 4.79 Å². The van der Waals surface area contributed by atoms with E-state index in [1.165, 1.54) is 0 Å². The molecule has 5 nitrogen and oxygen atoms in total. The van der Waals surface area contributed by atoms with E-state index in [4.69, 9.17) is 0 Å². The largest absolute Gasteiger partial charge is 0.325 e. The molecule has 2 N–H and O–H groups in total. The van der Waals surface area contributed by atoms with Crippen LogP contribution in [0.1, 0.15) is 12.8 Å². The standard InChI is InChI=1S/C18H16N4O/c23-18(13-10-11-13)19-15-9-5-4-8-14(15)17-20-16(21-22-17)12-6-2-1-3-7-12/h1-9,13H,10-11H2,(H,19,23)(H,20,21,22). The Morgan fingerprint density at radius 1 is 1.04 bits per heavy atom. The lowest BCUT2D eigenvalue weighted by molar-refractivity contribution is -0.117. The van der Waals surface area contributed by atoms with Crippen LogP contribution in [0.15, 0.2) is 54.6 Å². The van der Waals surface area contributed by atoms with E-state index < -0.39 is 0 Å². The van der Waals surface area contributed by atoms with Crippen LogP contribution in [0, 0.1) is 5.92 Å². The van der Waals surface area contributed by atoms with E-state index in [2.05, 4.69) is 20.5 Å². The van der Waals surface area contributed by atoms with Gasteiger partial charge < -0.3 is 5.32 Å². The third-order valence-electron chi connectivity index (χ3n) is 3.91. The van der Waals surface area contributed by atoms with Crippen molar-refractivity contribution >= 4 is 11.6 Å². The number of hydrogen-bond donors (Lipinski definition) is 2. The van der Waals surface area contributed by atoms with Crippen LogP contribution in [0.2, 0.25) is 0 Å². The Morgan fingerprint density at radius 2 is 1.78 bits per heavy atom. The van der Waals surface area contributed by atoms with Gasteiger partial charge in [-0.05, 0) is 25.0 Å². The molecule has 0 saturated heterocycles. The van der Waals surface area contributed by atoms with Crippen LogP contribution >= 0.6 is 0 Å². The Balaban J connectivity index is 1.65. The van der Waals surface area contributed by atoms with Crippen molar-refractivity contribution in [1.29, 1.82) is 0 Å². The first kappa shape index (κ1) is 13.7. The number of carbonyl (C=O) groups is 1. The van der Waals surface area contributed by atoms with Crippen LogP contribution in [0.3, 0.4) is 0 Å². The van der Waals surface area contributed by atoms with Gasteiger partial charge in [0.05, 0.1) is 5.69 Å². The molecular formula is C18H16N4O. The minimum absolute atomic E-state index is 0.0836. The molecular weight excluding hydrogens is 288 g/mol. The van der Waals surface area contributed by atoms with Gasteiger partial charge in [-0.15, -0.1) is 0 Å². The molecule has 4 rings (SSSR count). The minimum atomic E-state index is 0.0836. The van der Waals surface area contributed by atoms with Crippen molar-refractivity contribution in [2.45, 2.75) is 12.8 Å². The zero-order valence-corrected chi connectivity index (χ0v) is 12.5. The molecule has 1 fully saturated rings. The summed E-state index contributed by atoms with van der Waals surface area (Å²) >= 11 is 0. The maximum absolute atomic E-state index is 12.0. The molecule has 1 aliphatic rings. The van der Waals surface area contributed by atoms with Crippen molar-refractivity contribution in [2.75, 3.05) is 5.32 Å². The highest BCUT2D eigenvalue weighted by molar-refractivity contribution is 5.97. The molecule has 1 amide bonds. The maximum atomic E-state index is 12.0. The molecule has 5 heteroatoms. The number of aromatic amines is 1. The molecule has 3 aromatic rings. The van der Waals surface area contributed by atoms with Crippen LogP contribution < -0.4 is 5.32 Å². The van der Waals surface area contributed by atoms with Crippen molar-refractivity contribution in [3.8, 4) is 22.8 Å². The Kier molecular flexibility index (Phi) is 3.38. The summed E-state index contributed by atoms with van der Waals surface area (Å²) in [6.45, 7) is 0. The number of anilines is 1. The molecule has 2 aromatic carbocycles. The summed E-state index contributed by atoms with van der Waals surface area (Å²) in [6.07, 6.45) is 1.96. The molecule has 1 aliphatic carbocycles. The van der Waals surface area contributed by atoms with E-state index in [0.717, 1.165) is 29.7 Å². The number of carbonyl (C=O) groups excluding carboxylic acids is 1. The Morgan fingerprint density at radius 3 is 2.57 bits per heavy atom. The zero-order chi connectivity index (χ0) is 15.6. The highest BCUT2D eigenvalue weighted by atomic mass is 16.2. The lowest BCUT2D eigenvalue weighted by Gasteiger charge is -2.08. The summed E-state index contributed by atoms with van der Waals surface area (Å²) in [5, 5.41) is 10.2. The van der Waals surface area contributed by atoms with Gasteiger partial charge in [-0.25, -0.2) is 4.98 Å². The van der Waals surface area contributed by atoms with E-state index in [1.807, 2.05) is 54.6 Å². The van der Waals surface area contributed by atoms with Crippen LogP contribution in [0.5, 0.6) is 0 Å². The number of hydrogen-bond acceptors (Lipinski definition) is 3. The highest BCUT2D eigenvalue weighted by Gasteiger charge is 2.30. The van der Waals surface area contributed by atoms with Gasteiger partial charge in [0.25, 0.3) is 0 Å². The fraction of sp³-hybridized carbons (Fsp3) is 0.167. The molecule has 0 atom stereocenters. The third-order valence-corrected chi connectivity index (χ3v) is 3.91.